The van der Waals surface area contributed by atoms with Crippen LogP contribution in [0.5, 0.6) is 0 Å². The Kier molecular flexibility index (Phi) is 7.07. The minimum absolute atomic E-state index is 0.670. The lowest BCUT2D eigenvalue weighted by atomic mass is 10.1. The molecule has 0 radical (unpaired) electrons. The van der Waals surface area contributed by atoms with Gasteiger partial charge in [0.2, 0.25) is 0 Å². The number of fused-ring (bicyclic) bond motifs is 10. The van der Waals surface area contributed by atoms with Crippen molar-refractivity contribution in [2.24, 2.45) is 0 Å². The van der Waals surface area contributed by atoms with E-state index in [1.807, 2.05) is 0 Å². The second kappa shape index (κ2) is 12.6. The molecule has 0 aliphatic rings. The molecule has 12 rings (SSSR count). The molecule has 58 heavy (non-hydrogen) atoms. The van der Waals surface area contributed by atoms with Gasteiger partial charge in [0, 0.05) is 60.4 Å². The molecule has 12 aromatic rings. The molecule has 4 aromatic heterocycles. The fourth-order valence-electron chi connectivity index (χ4n) is 9.28. The molecule has 0 unspecified atom stereocenters. The summed E-state index contributed by atoms with van der Waals surface area (Å²) >= 11 is 0. The minimum Gasteiger partial charge on any atom is -0.309 e. The molecule has 5 heteroatoms. The Morgan fingerprint density at radius 2 is 0.793 bits per heavy atom. The number of nitrogens with zero attached hydrogens (tertiary/aromatic N) is 5. The summed E-state index contributed by atoms with van der Waals surface area (Å²) in [7, 11) is 0. The molecule has 0 aliphatic carbocycles. The average Bonchev–Trinajstić information content (AvgIpc) is 3.93. The molecule has 0 N–H and O–H groups in total. The molecule has 8 aromatic carbocycles. The average molecular weight is 742 g/mol. The van der Waals surface area contributed by atoms with E-state index in [0.29, 0.717) is 5.82 Å². The first-order chi connectivity index (χ1) is 28.7. The van der Waals surface area contributed by atoms with Crippen molar-refractivity contribution in [3.8, 4) is 39.8 Å². The standard InChI is InChI=1S/C53H35N5/c1-34-49(35-17-4-2-5-18-35)54-52(36-19-16-22-38(33-36)56-45-27-12-8-23-39(45)40-24-9-13-28-46(40)56)55-53(34)58-48-30-15-11-26-42(48)44-32-31-43-41-25-10-14-29-47(41)57(50(43)51(44)58)37-20-6-3-7-21-37/h2-33H,1H3. The van der Waals surface area contributed by atoms with E-state index in [-0.39, 0.29) is 0 Å². The van der Waals surface area contributed by atoms with Crippen molar-refractivity contribution in [3.63, 3.8) is 0 Å². The van der Waals surface area contributed by atoms with Crippen LogP contribution in [0.4, 0.5) is 0 Å². The highest BCUT2D eigenvalue weighted by molar-refractivity contribution is 6.24. The zero-order valence-corrected chi connectivity index (χ0v) is 31.7. The zero-order valence-electron chi connectivity index (χ0n) is 31.7. The molecule has 4 heterocycles. The van der Waals surface area contributed by atoms with E-state index >= 15 is 0 Å². The monoisotopic (exact) mass is 741 g/mol. The second-order valence-electron chi connectivity index (χ2n) is 15.0. The van der Waals surface area contributed by atoms with Crippen molar-refractivity contribution in [2.45, 2.75) is 6.92 Å². The Balaban J connectivity index is 1.19. The van der Waals surface area contributed by atoms with Crippen LogP contribution in [0.25, 0.3) is 105 Å². The smallest absolute Gasteiger partial charge is 0.162 e. The maximum atomic E-state index is 5.61. The van der Waals surface area contributed by atoms with Gasteiger partial charge in [-0.05, 0) is 55.5 Å². The van der Waals surface area contributed by atoms with Gasteiger partial charge in [-0.3, -0.25) is 4.57 Å². The Hall–Kier alpha value is -7.76. The van der Waals surface area contributed by atoms with Gasteiger partial charge in [0.1, 0.15) is 5.82 Å². The van der Waals surface area contributed by atoms with Crippen molar-refractivity contribution in [2.75, 3.05) is 0 Å². The topological polar surface area (TPSA) is 40.6 Å². The van der Waals surface area contributed by atoms with Crippen LogP contribution in [-0.4, -0.2) is 23.7 Å². The summed E-state index contributed by atoms with van der Waals surface area (Å²) in [6.07, 6.45) is 0. The third-order valence-corrected chi connectivity index (χ3v) is 11.8. The van der Waals surface area contributed by atoms with Crippen LogP contribution in [0.3, 0.4) is 0 Å². The molecule has 0 aliphatic heterocycles. The van der Waals surface area contributed by atoms with Crippen LogP contribution in [0, 0.1) is 6.92 Å². The van der Waals surface area contributed by atoms with Gasteiger partial charge in [-0.25, -0.2) is 9.97 Å². The number of rotatable bonds is 5. The minimum atomic E-state index is 0.670. The summed E-state index contributed by atoms with van der Waals surface area (Å²) in [5, 5.41) is 7.23. The van der Waals surface area contributed by atoms with Crippen molar-refractivity contribution in [3.05, 3.63) is 200 Å². The van der Waals surface area contributed by atoms with Crippen molar-refractivity contribution >= 4 is 65.4 Å². The molecule has 0 fully saturated rings. The van der Waals surface area contributed by atoms with Gasteiger partial charge in [-0.15, -0.1) is 0 Å². The lowest BCUT2D eigenvalue weighted by Crippen LogP contribution is -2.07. The number of hydrogen-bond donors (Lipinski definition) is 0. The predicted molar refractivity (Wildman–Crippen MR) is 241 cm³/mol. The highest BCUT2D eigenvalue weighted by Crippen LogP contribution is 2.43. The third-order valence-electron chi connectivity index (χ3n) is 11.8. The SMILES string of the molecule is Cc1c(-c2ccccc2)nc(-c2cccc(-n3c4ccccc4c4ccccc43)c2)nc1-n1c2ccccc2c2ccc3c4ccccc4n(-c4ccccc4)c3c21. The molecule has 0 atom stereocenters. The number of hydrogen-bond acceptors (Lipinski definition) is 2. The van der Waals surface area contributed by atoms with Crippen LogP contribution < -0.4 is 0 Å². The Bertz CT molecular complexity index is 3520. The summed E-state index contributed by atoms with van der Waals surface area (Å²) in [5.41, 5.74) is 13.0. The van der Waals surface area contributed by atoms with E-state index in [1.165, 1.54) is 48.9 Å². The second-order valence-corrected chi connectivity index (χ2v) is 15.0. The molecular formula is C53H35N5. The first-order valence-electron chi connectivity index (χ1n) is 19.8. The predicted octanol–water partition coefficient (Wildman–Crippen LogP) is 13.4. The largest absolute Gasteiger partial charge is 0.309 e. The van der Waals surface area contributed by atoms with Crippen LogP contribution in [0.2, 0.25) is 0 Å². The lowest BCUT2D eigenvalue weighted by Gasteiger charge is -2.17. The van der Waals surface area contributed by atoms with Crippen molar-refractivity contribution in [1.29, 1.82) is 0 Å². The summed E-state index contributed by atoms with van der Waals surface area (Å²) in [5.74, 6) is 1.53. The molecular weight excluding hydrogens is 707 g/mol. The molecule has 0 saturated heterocycles. The fraction of sp³-hybridized carbons (Fsp3) is 0.0189. The first kappa shape index (κ1) is 32.5. The Morgan fingerprint density at radius 1 is 0.345 bits per heavy atom. The van der Waals surface area contributed by atoms with Gasteiger partial charge in [0.25, 0.3) is 0 Å². The normalized spacial score (nSPS) is 11.9. The highest BCUT2D eigenvalue weighted by atomic mass is 15.1. The Morgan fingerprint density at radius 3 is 1.40 bits per heavy atom. The highest BCUT2D eigenvalue weighted by Gasteiger charge is 2.24. The summed E-state index contributed by atoms with van der Waals surface area (Å²) in [6.45, 7) is 2.17. The lowest BCUT2D eigenvalue weighted by molar-refractivity contribution is 1.02. The van der Waals surface area contributed by atoms with Crippen LogP contribution in [-0.2, 0) is 0 Å². The van der Waals surface area contributed by atoms with E-state index in [9.17, 15) is 0 Å². The Labute approximate surface area is 334 Å². The van der Waals surface area contributed by atoms with E-state index in [2.05, 4.69) is 215 Å². The van der Waals surface area contributed by atoms with Gasteiger partial charge in [-0.1, -0.05) is 146 Å². The maximum Gasteiger partial charge on any atom is 0.162 e. The number of benzene rings is 8. The van der Waals surface area contributed by atoms with Gasteiger partial charge in [0.15, 0.2) is 5.82 Å². The number of aromatic nitrogens is 5. The molecule has 272 valence electrons. The van der Waals surface area contributed by atoms with E-state index in [4.69, 9.17) is 9.97 Å². The third kappa shape index (κ3) is 4.71. The maximum absolute atomic E-state index is 5.61. The fourth-order valence-corrected chi connectivity index (χ4v) is 9.28. The van der Waals surface area contributed by atoms with Crippen LogP contribution in [0.15, 0.2) is 194 Å². The van der Waals surface area contributed by atoms with Gasteiger partial charge >= 0.3 is 0 Å². The molecule has 0 spiro atoms. The van der Waals surface area contributed by atoms with E-state index in [1.54, 1.807) is 0 Å². The van der Waals surface area contributed by atoms with Crippen LogP contribution >= 0.6 is 0 Å². The molecule has 0 amide bonds. The van der Waals surface area contributed by atoms with Crippen molar-refractivity contribution in [1.82, 2.24) is 23.7 Å². The first-order valence-corrected chi connectivity index (χ1v) is 19.8. The zero-order chi connectivity index (χ0) is 38.3. The van der Waals surface area contributed by atoms with Crippen molar-refractivity contribution < 1.29 is 0 Å². The van der Waals surface area contributed by atoms with Gasteiger partial charge in [-0.2, -0.15) is 0 Å². The summed E-state index contributed by atoms with van der Waals surface area (Å²) < 4.78 is 7.18. The van der Waals surface area contributed by atoms with E-state index in [0.717, 1.165) is 56.1 Å². The van der Waals surface area contributed by atoms with Gasteiger partial charge < -0.3 is 9.13 Å². The molecule has 5 nitrogen and oxygen atoms in total. The summed E-state index contributed by atoms with van der Waals surface area (Å²) in [6, 6.07) is 69.2. The molecule has 0 saturated carbocycles. The molecule has 0 bridgehead atoms. The summed E-state index contributed by atoms with van der Waals surface area (Å²) in [4.78, 5) is 11.0. The quantitative estimate of drug-likeness (QED) is 0.176. The van der Waals surface area contributed by atoms with Gasteiger partial charge in [0.05, 0.1) is 38.8 Å². The van der Waals surface area contributed by atoms with Crippen LogP contribution in [0.1, 0.15) is 5.56 Å². The van der Waals surface area contributed by atoms with E-state index < -0.39 is 0 Å². The number of para-hydroxylation sites is 5.